The van der Waals surface area contributed by atoms with E-state index in [4.69, 9.17) is 100 Å². The topological polar surface area (TPSA) is 253 Å². The fourth-order valence-electron chi connectivity index (χ4n) is 6.62. The molecule has 0 amide bonds. The molecule has 0 spiro atoms. The molecule has 0 aromatic carbocycles. The van der Waals surface area contributed by atoms with E-state index >= 15 is 0 Å². The van der Waals surface area contributed by atoms with Crippen LogP contribution in [0.4, 0.5) is 0 Å². The molecule has 0 aliphatic carbocycles. The minimum atomic E-state index is -0.981. The number of aliphatic hydroxyl groups is 2. The Morgan fingerprint density at radius 3 is 0.430 bits per heavy atom. The van der Waals surface area contributed by atoms with Crippen molar-refractivity contribution in [2.75, 3.05) is 132 Å². The summed E-state index contributed by atoms with van der Waals surface area (Å²) in [6, 6.07) is 0. The van der Waals surface area contributed by atoms with Crippen molar-refractivity contribution in [1.82, 2.24) is 0 Å². The first-order valence-corrected chi connectivity index (χ1v) is 31.4. The van der Waals surface area contributed by atoms with Crippen molar-refractivity contribution >= 4 is 5.97 Å². The van der Waals surface area contributed by atoms with E-state index in [1.165, 1.54) is 0 Å². The first-order valence-electron chi connectivity index (χ1n) is 31.4. The van der Waals surface area contributed by atoms with Gasteiger partial charge in [0.1, 0.15) is 0 Å². The lowest BCUT2D eigenvalue weighted by atomic mass is 10.3. The zero-order chi connectivity index (χ0) is 65.4. The van der Waals surface area contributed by atoms with Crippen LogP contribution in [-0.2, 0) is 94.8 Å². The van der Waals surface area contributed by atoms with E-state index < -0.39 is 12.1 Å². The lowest BCUT2D eigenvalue weighted by molar-refractivity contribution is -0.131. The van der Waals surface area contributed by atoms with Gasteiger partial charge in [0.2, 0.25) is 0 Å². The van der Waals surface area contributed by atoms with E-state index in [2.05, 4.69) is 6.58 Å². The SMILES string of the molecule is C=CC(=O)O.CC(O)COC(C)COC(C)COC(C)COC(C)COC(C)COC(C)COC(C)COC(C)COC(C)COC(C)COC(C)COC(C)COC(C)COC(C)COC(C)COC(C)COC(C)COC(C)COC(C)CO. The second-order valence-corrected chi connectivity index (χ2v) is 23.3. The number of ether oxygens (including phenoxy) is 19. The molecule has 0 aromatic rings. The number of aliphatic hydroxyl groups excluding tert-OH is 2. The van der Waals surface area contributed by atoms with Crippen LogP contribution < -0.4 is 0 Å². The van der Waals surface area contributed by atoms with Crippen molar-refractivity contribution in [3.8, 4) is 0 Å². The maximum absolute atomic E-state index is 9.36. The summed E-state index contributed by atoms with van der Waals surface area (Å²) in [7, 11) is 0. The Balaban J connectivity index is 0. The fraction of sp³-hybridized carbons (Fsp3) is 0.952. The first kappa shape index (κ1) is 86.4. The maximum Gasteiger partial charge on any atom is 0.327 e. The maximum atomic E-state index is 9.36. The molecule has 3 N–H and O–H groups in total. The zero-order valence-electron chi connectivity index (χ0n) is 57.0. The Labute approximate surface area is 519 Å². The van der Waals surface area contributed by atoms with Crippen LogP contribution in [0.2, 0.25) is 0 Å². The van der Waals surface area contributed by atoms with E-state index in [1.54, 1.807) is 6.92 Å². The van der Waals surface area contributed by atoms with Crippen LogP contribution in [0.5, 0.6) is 0 Å². The van der Waals surface area contributed by atoms with Crippen molar-refractivity contribution in [3.63, 3.8) is 0 Å². The number of rotatable bonds is 59. The summed E-state index contributed by atoms with van der Waals surface area (Å²) < 4.78 is 112. The van der Waals surface area contributed by atoms with Crippen molar-refractivity contribution in [2.24, 2.45) is 0 Å². The molecule has 23 heteroatoms. The number of aliphatic carboxylic acids is 1. The summed E-state index contributed by atoms with van der Waals surface area (Å²) >= 11 is 0. The van der Waals surface area contributed by atoms with Gasteiger partial charge in [-0.2, -0.15) is 0 Å². The van der Waals surface area contributed by atoms with Gasteiger partial charge in [-0.1, -0.05) is 6.58 Å². The average Bonchev–Trinajstić information content (AvgIpc) is 3.53. The summed E-state index contributed by atoms with van der Waals surface area (Å²) in [6.07, 6.45) is -1.79. The van der Waals surface area contributed by atoms with Gasteiger partial charge in [0.15, 0.2) is 0 Å². The van der Waals surface area contributed by atoms with Crippen LogP contribution in [0.25, 0.3) is 0 Å². The van der Waals surface area contributed by atoms with Crippen molar-refractivity contribution in [2.45, 2.75) is 261 Å². The smallest absolute Gasteiger partial charge is 0.327 e. The van der Waals surface area contributed by atoms with E-state index in [9.17, 15) is 9.90 Å². The molecule has 86 heavy (non-hydrogen) atoms. The number of hydrogen-bond donors (Lipinski definition) is 3. The molecule has 0 heterocycles. The highest BCUT2D eigenvalue weighted by atomic mass is 16.6. The second kappa shape index (κ2) is 55.0. The van der Waals surface area contributed by atoms with Crippen LogP contribution in [0.3, 0.4) is 0 Å². The molecule has 0 fully saturated rings. The highest BCUT2D eigenvalue weighted by Gasteiger charge is 2.19. The van der Waals surface area contributed by atoms with Gasteiger partial charge in [0.05, 0.1) is 254 Å². The minimum Gasteiger partial charge on any atom is -0.478 e. The van der Waals surface area contributed by atoms with Gasteiger partial charge < -0.3 is 105 Å². The number of hydrogen-bond acceptors (Lipinski definition) is 22. The van der Waals surface area contributed by atoms with Gasteiger partial charge in [0, 0.05) is 6.08 Å². The Hall–Kier alpha value is -1.63. The molecule has 0 aromatic heterocycles. The fourth-order valence-corrected chi connectivity index (χ4v) is 6.62. The quantitative estimate of drug-likeness (QED) is 0.0505. The Bertz CT molecular complexity index is 1520. The monoisotopic (exact) mass is 1250 g/mol. The Kier molecular flexibility index (Phi) is 55.3. The molecule has 0 radical (unpaired) electrons. The van der Waals surface area contributed by atoms with Crippen LogP contribution >= 0.6 is 0 Å². The third-order valence-corrected chi connectivity index (χ3v) is 12.1. The number of carboxylic acids is 1. The van der Waals surface area contributed by atoms with Crippen molar-refractivity contribution in [1.29, 1.82) is 0 Å². The molecule has 20 atom stereocenters. The molecular weight excluding hydrogens is 1120 g/mol. The summed E-state index contributed by atoms with van der Waals surface area (Å²) in [6.45, 7) is 50.1. The van der Waals surface area contributed by atoms with E-state index in [1.807, 2.05) is 132 Å². The average molecular weight is 1250 g/mol. The Morgan fingerprint density at radius 2 is 0.349 bits per heavy atom. The molecule has 0 saturated heterocycles. The second-order valence-electron chi connectivity index (χ2n) is 23.3. The third-order valence-electron chi connectivity index (χ3n) is 12.1. The standard InChI is InChI=1S/C60H122O21.C3H4O2/c1-41(62)22-63-43(3)24-65-45(5)26-67-47(7)28-69-49(9)30-71-51(11)32-73-53(13)34-75-55(15)36-77-57(17)38-79-59(19)40-81-60(20)39-80-58(18)37-78-56(16)35-76-54(14)33-74-52(12)31-72-50(10)29-70-48(8)27-68-46(6)25-66-44(4)23-64-42(2)21-61;1-2-3(4)5/h41-62H,21-40H2,1-20H3;2H,1H2,(H,4,5). The Morgan fingerprint density at radius 1 is 0.256 bits per heavy atom. The van der Waals surface area contributed by atoms with Crippen LogP contribution in [-0.4, -0.2) is 276 Å². The molecule has 0 bridgehead atoms. The third kappa shape index (κ3) is 57.5. The number of carboxylic acid groups (broad SMARTS) is 1. The molecule has 23 nitrogen and oxygen atoms in total. The normalized spacial score (nSPS) is 19.1. The van der Waals surface area contributed by atoms with Gasteiger partial charge in [-0.05, 0) is 138 Å². The minimum absolute atomic E-state index is 0.0133. The van der Waals surface area contributed by atoms with Gasteiger partial charge in [0.25, 0.3) is 0 Å². The first-order chi connectivity index (χ1) is 40.5. The molecule has 0 rings (SSSR count). The molecule has 516 valence electrons. The highest BCUT2D eigenvalue weighted by Crippen LogP contribution is 2.10. The van der Waals surface area contributed by atoms with Gasteiger partial charge in [-0.15, -0.1) is 0 Å². The number of carbonyl (C=O) groups is 1. The van der Waals surface area contributed by atoms with E-state index in [-0.39, 0.29) is 129 Å². The summed E-state index contributed by atoms with van der Waals surface area (Å²) in [5, 5.41) is 26.1. The van der Waals surface area contributed by atoms with Gasteiger partial charge >= 0.3 is 5.97 Å². The summed E-state index contributed by atoms with van der Waals surface area (Å²) in [5.74, 6) is -0.981. The van der Waals surface area contributed by atoms with Crippen molar-refractivity contribution < 1.29 is 110 Å². The molecule has 20 unspecified atom stereocenters. The zero-order valence-corrected chi connectivity index (χ0v) is 57.0. The summed E-state index contributed by atoms with van der Waals surface area (Å²) in [4.78, 5) is 9.25. The molecule has 0 aliphatic heterocycles. The largest absolute Gasteiger partial charge is 0.478 e. The lowest BCUT2D eigenvalue weighted by Gasteiger charge is -2.24. The van der Waals surface area contributed by atoms with Crippen molar-refractivity contribution in [3.05, 3.63) is 12.7 Å². The lowest BCUT2D eigenvalue weighted by Crippen LogP contribution is -2.31. The van der Waals surface area contributed by atoms with E-state index in [0.717, 1.165) is 6.08 Å². The van der Waals surface area contributed by atoms with Crippen LogP contribution in [0, 0.1) is 0 Å². The van der Waals surface area contributed by atoms with Gasteiger partial charge in [-0.25, -0.2) is 4.79 Å². The highest BCUT2D eigenvalue weighted by molar-refractivity contribution is 5.78. The molecule has 0 aliphatic rings. The predicted molar refractivity (Wildman–Crippen MR) is 329 cm³/mol. The van der Waals surface area contributed by atoms with E-state index in [0.29, 0.717) is 119 Å². The summed E-state index contributed by atoms with van der Waals surface area (Å²) in [5.41, 5.74) is 0. The predicted octanol–water partition coefficient (Wildman–Crippen LogP) is 7.31. The van der Waals surface area contributed by atoms with Crippen LogP contribution in [0.1, 0.15) is 138 Å². The molecule has 0 saturated carbocycles. The molecular formula is C63H126O23. The van der Waals surface area contributed by atoms with Gasteiger partial charge in [-0.3, -0.25) is 0 Å². The van der Waals surface area contributed by atoms with Crippen LogP contribution in [0.15, 0.2) is 12.7 Å².